The first-order chi connectivity index (χ1) is 23.6. The summed E-state index contributed by atoms with van der Waals surface area (Å²) in [5.74, 6) is -1.52. The van der Waals surface area contributed by atoms with Gasteiger partial charge in [-0.25, -0.2) is 18.7 Å². The number of fused-ring (bicyclic) bond motifs is 1. The van der Waals surface area contributed by atoms with E-state index in [4.69, 9.17) is 33.7 Å². The number of H-pyrrole nitrogens is 2. The number of nitrogens with one attached hydrogen (secondary N) is 3. The largest absolute Gasteiger partial charge is 0.472 e. The zero-order chi connectivity index (χ0) is 36.5. The zero-order valence-electron chi connectivity index (χ0n) is 27.8. The summed E-state index contributed by atoms with van der Waals surface area (Å²) in [4.78, 5) is 72.8. The van der Waals surface area contributed by atoms with E-state index < -0.39 is 92.1 Å². The Balaban J connectivity index is 1.36. The first-order valence-corrected chi connectivity index (χ1v) is 17.2. The predicted molar refractivity (Wildman–Crippen MR) is 171 cm³/mol. The van der Waals surface area contributed by atoms with E-state index in [0.29, 0.717) is 0 Å². The molecule has 2 fully saturated rings. The molecule has 3 aromatic rings. The van der Waals surface area contributed by atoms with E-state index in [0.717, 1.165) is 21.5 Å². The monoisotopic (exact) mass is 730 g/mol. The average molecular weight is 731 g/mol. The van der Waals surface area contributed by atoms with E-state index in [9.17, 15) is 28.6 Å². The number of nitrogens with zero attached hydrogens (tertiary/aromatic N) is 4. The topological polar surface area (TPSA) is 266 Å². The summed E-state index contributed by atoms with van der Waals surface area (Å²) in [6.45, 7) is 6.21. The van der Waals surface area contributed by atoms with Crippen LogP contribution in [0.15, 0.2) is 33.0 Å². The summed E-state index contributed by atoms with van der Waals surface area (Å²) in [5, 5.41) is 2.65. The van der Waals surface area contributed by atoms with Gasteiger partial charge in [0.1, 0.15) is 18.3 Å². The second-order valence-corrected chi connectivity index (χ2v) is 13.7. The van der Waals surface area contributed by atoms with Crippen LogP contribution in [0.2, 0.25) is 0 Å². The van der Waals surface area contributed by atoms with E-state index in [1.54, 1.807) is 0 Å². The number of alkyl halides is 1. The Hall–Kier alpha value is -3.82. The highest BCUT2D eigenvalue weighted by Gasteiger charge is 2.51. The van der Waals surface area contributed by atoms with Crippen molar-refractivity contribution >= 4 is 30.8 Å². The minimum absolute atomic E-state index is 0.0405. The van der Waals surface area contributed by atoms with E-state index in [-0.39, 0.29) is 36.2 Å². The number of nitrogen functional groups attached to an aromatic ring is 1. The van der Waals surface area contributed by atoms with Gasteiger partial charge >= 0.3 is 13.5 Å². The third-order valence-electron chi connectivity index (χ3n) is 8.00. The lowest BCUT2D eigenvalue weighted by Gasteiger charge is -2.25. The Labute approximate surface area is 283 Å². The summed E-state index contributed by atoms with van der Waals surface area (Å²) < 4.78 is 64.9. The van der Waals surface area contributed by atoms with Crippen molar-refractivity contribution in [2.24, 2.45) is 5.92 Å². The number of imidazole rings is 1. The molecule has 5 rings (SSSR count). The standard InChI is InChI=1S/C28H40FN8O12P/c1-12(2)45-10-16-14(21(44-5)26(47-16)36-7-6-17(38)33-28(36)41)8-18(39)31-9-15-22(49-50(42,43)48-13(3)4)19(29)25(46-15)37-11-32-20-23(37)34-27(30)35-24(20)40/h6-7,11-16,19,21-22,25-26H,8-10H2,1-5H3,(H,31,39)(H,42,43)(H,33,38,41)(H3,30,34,35,40)/t14?,15-,16-,19?,21?,22?,25-,26-/m1/s1. The van der Waals surface area contributed by atoms with Crippen LogP contribution in [0.5, 0.6) is 0 Å². The van der Waals surface area contributed by atoms with Gasteiger partial charge in [0.15, 0.2) is 29.8 Å². The van der Waals surface area contributed by atoms with Crippen LogP contribution in [0, 0.1) is 5.92 Å². The number of rotatable bonds is 14. The van der Waals surface area contributed by atoms with Crippen LogP contribution < -0.4 is 27.9 Å². The fraction of sp³-hybridized carbons (Fsp3) is 0.643. The predicted octanol–water partition coefficient (Wildman–Crippen LogP) is -0.142. The molecule has 0 radical (unpaired) electrons. The molecule has 0 spiro atoms. The molecular formula is C28H40FN8O12P. The van der Waals surface area contributed by atoms with Crippen molar-refractivity contribution in [2.45, 2.75) is 89.4 Å². The van der Waals surface area contributed by atoms with Crippen LogP contribution in [-0.2, 0) is 37.4 Å². The van der Waals surface area contributed by atoms with Gasteiger partial charge in [-0.05, 0) is 27.7 Å². The number of ether oxygens (including phenoxy) is 4. The lowest BCUT2D eigenvalue weighted by Crippen LogP contribution is -2.42. The van der Waals surface area contributed by atoms with Crippen LogP contribution >= 0.6 is 7.82 Å². The number of carbonyl (C=O) groups is 1. The molecule has 0 aromatic carbocycles. The lowest BCUT2D eigenvalue weighted by molar-refractivity contribution is -0.124. The van der Waals surface area contributed by atoms with E-state index in [1.165, 1.54) is 27.2 Å². The fourth-order valence-electron chi connectivity index (χ4n) is 5.90. The Morgan fingerprint density at radius 2 is 1.84 bits per heavy atom. The molecule has 22 heteroatoms. The molecule has 9 atom stereocenters. The van der Waals surface area contributed by atoms with Crippen LogP contribution in [0.25, 0.3) is 11.2 Å². The van der Waals surface area contributed by atoms with Crippen molar-refractivity contribution in [1.82, 2.24) is 34.4 Å². The van der Waals surface area contributed by atoms with Crippen molar-refractivity contribution in [3.8, 4) is 0 Å². The summed E-state index contributed by atoms with van der Waals surface area (Å²) in [7, 11) is -3.45. The normalized spacial score (nSPS) is 28.1. The summed E-state index contributed by atoms with van der Waals surface area (Å²) >= 11 is 0. The van der Waals surface area contributed by atoms with Gasteiger partial charge in [-0.1, -0.05) is 0 Å². The lowest BCUT2D eigenvalue weighted by atomic mass is 9.93. The number of aromatic nitrogens is 6. The fourth-order valence-corrected chi connectivity index (χ4v) is 7.05. The van der Waals surface area contributed by atoms with Crippen molar-refractivity contribution < 1.29 is 46.6 Å². The van der Waals surface area contributed by atoms with Crippen molar-refractivity contribution in [2.75, 3.05) is 26.0 Å². The maximum absolute atomic E-state index is 16.1. The number of anilines is 1. The molecule has 3 aromatic heterocycles. The molecule has 5 heterocycles. The first-order valence-electron chi connectivity index (χ1n) is 15.7. The number of phosphoric ester groups is 1. The molecule has 50 heavy (non-hydrogen) atoms. The van der Waals surface area contributed by atoms with Gasteiger partial charge in [-0.2, -0.15) is 4.98 Å². The molecule has 276 valence electrons. The number of phosphoric acid groups is 1. The highest BCUT2D eigenvalue weighted by molar-refractivity contribution is 7.47. The number of aromatic amines is 2. The quantitative estimate of drug-likeness (QED) is 0.135. The third-order valence-corrected chi connectivity index (χ3v) is 9.20. The second kappa shape index (κ2) is 15.2. The minimum Gasteiger partial charge on any atom is -0.376 e. The van der Waals surface area contributed by atoms with Crippen molar-refractivity contribution in [3.63, 3.8) is 0 Å². The van der Waals surface area contributed by atoms with Gasteiger partial charge in [-0.3, -0.25) is 42.5 Å². The molecule has 1 amide bonds. The van der Waals surface area contributed by atoms with E-state index >= 15 is 4.39 Å². The van der Waals surface area contributed by atoms with E-state index in [2.05, 4.69) is 25.3 Å². The highest BCUT2D eigenvalue weighted by atomic mass is 31.2. The SMILES string of the molecule is COC1C(CC(=O)NC[C@H]2O[C@@H](n3cnc4c(=O)[nH]c(N)nc43)C(F)C2OP(=O)(O)OC(C)C)[C@@H](COC(C)C)O[C@H]1n1ccc(=O)[nH]c1=O. The Kier molecular flexibility index (Phi) is 11.4. The van der Waals surface area contributed by atoms with Crippen LogP contribution in [0.4, 0.5) is 10.3 Å². The first kappa shape index (κ1) is 37.4. The molecule has 20 nitrogen and oxygen atoms in total. The molecular weight excluding hydrogens is 690 g/mol. The highest BCUT2D eigenvalue weighted by Crippen LogP contribution is 2.50. The number of carbonyl (C=O) groups excluding carboxylic acids is 1. The van der Waals surface area contributed by atoms with Crippen molar-refractivity contribution in [1.29, 1.82) is 0 Å². The second-order valence-electron chi connectivity index (χ2n) is 12.3. The molecule has 0 aliphatic carbocycles. The zero-order valence-corrected chi connectivity index (χ0v) is 28.7. The van der Waals surface area contributed by atoms with Crippen LogP contribution in [0.3, 0.4) is 0 Å². The Morgan fingerprint density at radius 3 is 2.50 bits per heavy atom. The Morgan fingerprint density at radius 1 is 1.12 bits per heavy atom. The van der Waals surface area contributed by atoms with Crippen LogP contribution in [0.1, 0.15) is 46.6 Å². The van der Waals surface area contributed by atoms with Gasteiger partial charge < -0.3 is 34.9 Å². The van der Waals surface area contributed by atoms with Crippen molar-refractivity contribution in [3.05, 3.63) is 49.8 Å². The average Bonchev–Trinajstić information content (AvgIpc) is 3.67. The van der Waals surface area contributed by atoms with Crippen LogP contribution in [-0.4, -0.2) is 103 Å². The maximum atomic E-state index is 16.1. The summed E-state index contributed by atoms with van der Waals surface area (Å²) in [6, 6.07) is 1.15. The number of amides is 1. The van der Waals surface area contributed by atoms with E-state index in [1.807, 2.05) is 13.8 Å². The molecule has 2 aliphatic heterocycles. The number of nitrogens with two attached hydrogens (primary N) is 1. The summed E-state index contributed by atoms with van der Waals surface area (Å²) in [6.07, 6.45) is -8.28. The minimum atomic E-state index is -4.84. The molecule has 2 saturated heterocycles. The number of halogens is 1. The van der Waals surface area contributed by atoms with Gasteiger partial charge in [0, 0.05) is 38.3 Å². The molecule has 0 bridgehead atoms. The third kappa shape index (κ3) is 8.21. The molecule has 2 aliphatic rings. The smallest absolute Gasteiger partial charge is 0.376 e. The van der Waals surface area contributed by atoms with Gasteiger partial charge in [-0.15, -0.1) is 0 Å². The maximum Gasteiger partial charge on any atom is 0.472 e. The molecule has 5 unspecified atom stereocenters. The number of methoxy groups -OCH3 is 1. The molecule has 6 N–H and O–H groups in total. The molecule has 0 saturated carbocycles. The van der Waals surface area contributed by atoms with Gasteiger partial charge in [0.05, 0.1) is 31.2 Å². The number of hydrogen-bond acceptors (Lipinski definition) is 14. The van der Waals surface area contributed by atoms with Gasteiger partial charge in [0.2, 0.25) is 11.9 Å². The summed E-state index contributed by atoms with van der Waals surface area (Å²) in [5.41, 5.74) is 3.37. The Bertz CT molecular complexity index is 1900. The van der Waals surface area contributed by atoms with Gasteiger partial charge in [0.25, 0.3) is 11.1 Å². The number of hydrogen-bond donors (Lipinski definition) is 5.